The monoisotopic (exact) mass is 262 g/mol. The molecule has 0 bridgehead atoms. The molecule has 0 amide bonds. The Morgan fingerprint density at radius 1 is 1.42 bits per heavy atom. The van der Waals surface area contributed by atoms with Gasteiger partial charge >= 0.3 is 0 Å². The average molecular weight is 262 g/mol. The Bertz CT molecular complexity index is 452. The van der Waals surface area contributed by atoms with E-state index in [1.807, 2.05) is 12.1 Å². The minimum Gasteiger partial charge on any atom is -0.491 e. The number of hydrogen-bond acceptors (Lipinski definition) is 4. The molecule has 2 N–H and O–H groups in total. The Hall–Kier alpha value is -1.26. The molecule has 0 aliphatic carbocycles. The van der Waals surface area contributed by atoms with Gasteiger partial charge in [-0.1, -0.05) is 19.1 Å². The third-order valence-electron chi connectivity index (χ3n) is 4.21. The first kappa shape index (κ1) is 12.8. The first-order chi connectivity index (χ1) is 9.19. The van der Waals surface area contributed by atoms with Gasteiger partial charge in [0.2, 0.25) is 0 Å². The molecule has 4 nitrogen and oxygen atoms in total. The maximum atomic E-state index is 6.21. The van der Waals surface area contributed by atoms with Crippen LogP contribution in [0, 0.1) is 5.41 Å². The van der Waals surface area contributed by atoms with Crippen LogP contribution in [0.4, 0.5) is 5.69 Å². The molecule has 0 radical (unpaired) electrons. The van der Waals surface area contributed by atoms with Gasteiger partial charge in [-0.2, -0.15) is 0 Å². The van der Waals surface area contributed by atoms with Gasteiger partial charge in [-0.15, -0.1) is 0 Å². The highest BCUT2D eigenvalue weighted by Crippen LogP contribution is 2.35. The van der Waals surface area contributed by atoms with E-state index in [2.05, 4.69) is 24.0 Å². The largest absolute Gasteiger partial charge is 0.491 e. The van der Waals surface area contributed by atoms with Crippen LogP contribution < -0.4 is 15.4 Å². The molecule has 2 heterocycles. The van der Waals surface area contributed by atoms with Crippen molar-refractivity contribution in [1.82, 2.24) is 0 Å². The number of hydrogen-bond donors (Lipinski definition) is 1. The zero-order valence-corrected chi connectivity index (χ0v) is 11.5. The summed E-state index contributed by atoms with van der Waals surface area (Å²) in [6.45, 7) is 6.36. The SMILES string of the molecule is CC1(CN2CCCOc3ccccc32)COCC1N. The van der Waals surface area contributed by atoms with Gasteiger partial charge in [0.15, 0.2) is 0 Å². The first-order valence-corrected chi connectivity index (χ1v) is 6.99. The van der Waals surface area contributed by atoms with Crippen LogP contribution >= 0.6 is 0 Å². The van der Waals surface area contributed by atoms with Crippen molar-refractivity contribution in [2.24, 2.45) is 11.1 Å². The number of benzene rings is 1. The van der Waals surface area contributed by atoms with E-state index in [0.29, 0.717) is 6.61 Å². The van der Waals surface area contributed by atoms with E-state index in [9.17, 15) is 0 Å². The number of rotatable bonds is 2. The molecule has 0 spiro atoms. The van der Waals surface area contributed by atoms with Crippen molar-refractivity contribution in [2.75, 3.05) is 37.8 Å². The summed E-state index contributed by atoms with van der Waals surface area (Å²) in [5.41, 5.74) is 7.41. The van der Waals surface area contributed by atoms with Gasteiger partial charge in [0.05, 0.1) is 25.5 Å². The lowest BCUT2D eigenvalue weighted by Crippen LogP contribution is -2.47. The molecule has 2 aliphatic heterocycles. The summed E-state index contributed by atoms with van der Waals surface area (Å²) in [5.74, 6) is 0.982. The summed E-state index contributed by atoms with van der Waals surface area (Å²) in [6, 6.07) is 8.37. The summed E-state index contributed by atoms with van der Waals surface area (Å²) < 4.78 is 11.3. The molecule has 0 saturated carbocycles. The number of fused-ring (bicyclic) bond motifs is 1. The fraction of sp³-hybridized carbons (Fsp3) is 0.600. The van der Waals surface area contributed by atoms with Crippen LogP contribution in [0.2, 0.25) is 0 Å². The molecule has 1 fully saturated rings. The van der Waals surface area contributed by atoms with Crippen LogP contribution in [0.25, 0.3) is 0 Å². The normalized spacial score (nSPS) is 30.6. The van der Waals surface area contributed by atoms with Crippen molar-refractivity contribution in [3.05, 3.63) is 24.3 Å². The van der Waals surface area contributed by atoms with Crippen LogP contribution in [-0.2, 0) is 4.74 Å². The Balaban J connectivity index is 1.84. The molecule has 0 aromatic heterocycles. The fourth-order valence-electron chi connectivity index (χ4n) is 2.89. The van der Waals surface area contributed by atoms with Crippen molar-refractivity contribution < 1.29 is 9.47 Å². The minimum atomic E-state index is 0.0252. The van der Waals surface area contributed by atoms with Gasteiger partial charge in [-0.25, -0.2) is 0 Å². The van der Waals surface area contributed by atoms with E-state index in [4.69, 9.17) is 15.2 Å². The van der Waals surface area contributed by atoms with E-state index >= 15 is 0 Å². The standard InChI is InChI=1S/C15H22N2O2/c1-15(11-18-9-14(15)16)10-17-7-4-8-19-13-6-3-2-5-12(13)17/h2-3,5-6,14H,4,7-11,16H2,1H3. The second-order valence-corrected chi connectivity index (χ2v) is 5.87. The van der Waals surface area contributed by atoms with Gasteiger partial charge < -0.3 is 20.1 Å². The highest BCUT2D eigenvalue weighted by atomic mass is 16.5. The summed E-state index contributed by atoms with van der Waals surface area (Å²) >= 11 is 0. The second kappa shape index (κ2) is 5.02. The topological polar surface area (TPSA) is 47.7 Å². The first-order valence-electron chi connectivity index (χ1n) is 6.99. The quantitative estimate of drug-likeness (QED) is 0.880. The maximum Gasteiger partial charge on any atom is 0.142 e. The molecule has 1 aromatic rings. The number of ether oxygens (including phenoxy) is 2. The van der Waals surface area contributed by atoms with Crippen LogP contribution in [0.1, 0.15) is 13.3 Å². The number of nitrogens with zero attached hydrogens (tertiary/aromatic N) is 1. The highest BCUT2D eigenvalue weighted by Gasteiger charge is 2.39. The molecule has 2 atom stereocenters. The summed E-state index contributed by atoms with van der Waals surface area (Å²) in [6.07, 6.45) is 1.04. The lowest BCUT2D eigenvalue weighted by Gasteiger charge is -2.35. The van der Waals surface area contributed by atoms with E-state index in [-0.39, 0.29) is 11.5 Å². The Morgan fingerprint density at radius 3 is 3.05 bits per heavy atom. The van der Waals surface area contributed by atoms with Crippen molar-refractivity contribution in [1.29, 1.82) is 0 Å². The van der Waals surface area contributed by atoms with Gasteiger partial charge in [0.25, 0.3) is 0 Å². The zero-order valence-electron chi connectivity index (χ0n) is 11.5. The van der Waals surface area contributed by atoms with E-state index in [1.165, 1.54) is 5.69 Å². The lowest BCUT2D eigenvalue weighted by molar-refractivity contribution is 0.161. The van der Waals surface area contributed by atoms with Crippen LogP contribution in [0.15, 0.2) is 24.3 Å². The van der Waals surface area contributed by atoms with Crippen LogP contribution in [0.3, 0.4) is 0 Å². The minimum absolute atomic E-state index is 0.0252. The molecule has 104 valence electrons. The summed E-state index contributed by atoms with van der Waals surface area (Å²) in [5, 5.41) is 0. The van der Waals surface area contributed by atoms with Gasteiger partial charge in [0, 0.05) is 24.5 Å². The van der Waals surface area contributed by atoms with Gasteiger partial charge in [-0.05, 0) is 18.6 Å². The smallest absolute Gasteiger partial charge is 0.142 e. The van der Waals surface area contributed by atoms with Crippen molar-refractivity contribution in [2.45, 2.75) is 19.4 Å². The molecule has 1 aromatic carbocycles. The van der Waals surface area contributed by atoms with Gasteiger partial charge in [-0.3, -0.25) is 0 Å². The zero-order chi connectivity index (χ0) is 13.3. The molecule has 2 aliphatic rings. The molecule has 4 heteroatoms. The van der Waals surface area contributed by atoms with Crippen LogP contribution in [0.5, 0.6) is 5.75 Å². The molecular formula is C15H22N2O2. The van der Waals surface area contributed by atoms with E-state index in [1.54, 1.807) is 0 Å². The molecule has 1 saturated heterocycles. The summed E-state index contributed by atoms with van der Waals surface area (Å²) in [7, 11) is 0. The van der Waals surface area contributed by atoms with E-state index < -0.39 is 0 Å². The fourth-order valence-corrected chi connectivity index (χ4v) is 2.89. The second-order valence-electron chi connectivity index (χ2n) is 5.87. The predicted octanol–water partition coefficient (Wildman–Crippen LogP) is 1.64. The Kier molecular flexibility index (Phi) is 3.37. The molecule has 19 heavy (non-hydrogen) atoms. The molecular weight excluding hydrogens is 240 g/mol. The van der Waals surface area contributed by atoms with Gasteiger partial charge in [0.1, 0.15) is 5.75 Å². The Labute approximate surface area is 114 Å². The van der Waals surface area contributed by atoms with Crippen molar-refractivity contribution in [3.8, 4) is 5.75 Å². The number of para-hydroxylation sites is 2. The van der Waals surface area contributed by atoms with E-state index in [0.717, 1.165) is 38.5 Å². The lowest BCUT2D eigenvalue weighted by atomic mass is 9.85. The number of anilines is 1. The van der Waals surface area contributed by atoms with Crippen molar-refractivity contribution >= 4 is 5.69 Å². The maximum absolute atomic E-state index is 6.21. The average Bonchev–Trinajstić information content (AvgIpc) is 2.63. The molecule has 3 rings (SSSR count). The summed E-state index contributed by atoms with van der Waals surface area (Å²) in [4.78, 5) is 2.40. The third-order valence-corrected chi connectivity index (χ3v) is 4.21. The third kappa shape index (κ3) is 2.42. The number of nitrogens with two attached hydrogens (primary N) is 1. The predicted molar refractivity (Wildman–Crippen MR) is 75.7 cm³/mol. The Morgan fingerprint density at radius 2 is 2.26 bits per heavy atom. The highest BCUT2D eigenvalue weighted by molar-refractivity contribution is 5.59. The van der Waals surface area contributed by atoms with Crippen molar-refractivity contribution in [3.63, 3.8) is 0 Å². The molecule has 2 unspecified atom stereocenters. The van der Waals surface area contributed by atoms with Crippen LogP contribution in [-0.4, -0.2) is 39.0 Å².